The molecule has 0 aromatic heterocycles. The zero-order valence-electron chi connectivity index (χ0n) is 12.4. The minimum atomic E-state index is -1.15. The van der Waals surface area contributed by atoms with Crippen molar-refractivity contribution in [2.24, 2.45) is 0 Å². The van der Waals surface area contributed by atoms with Crippen molar-refractivity contribution in [3.05, 3.63) is 70.8 Å². The Bertz CT molecular complexity index is 923. The van der Waals surface area contributed by atoms with Crippen molar-refractivity contribution < 1.29 is 24.4 Å². The molecule has 0 radical (unpaired) electrons. The van der Waals surface area contributed by atoms with E-state index in [1.807, 2.05) is 0 Å². The number of nitrogens with zero attached hydrogens (tertiary/aromatic N) is 4. The van der Waals surface area contributed by atoms with E-state index in [1.165, 1.54) is 6.07 Å². The number of nitro benzene ring substituents is 4. The normalized spacial score (nSPS) is 10.2. The molecule has 0 heterocycles. The molecule has 0 atom stereocenters. The maximum atomic E-state index is 11.2. The number of non-ortho nitro benzene ring substituents is 1. The fourth-order valence-corrected chi connectivity index (χ4v) is 1.99. The highest BCUT2D eigenvalue weighted by Gasteiger charge is 2.34. The highest BCUT2D eigenvalue weighted by atomic mass is 16.6. The van der Waals surface area contributed by atoms with Gasteiger partial charge in [-0.2, -0.15) is 0 Å². The molecule has 2 N–H and O–H groups in total. The standard InChI is InChI=1S/C12H7N5O9/c13-7-2-1-3-10(11(7)17(24)25)26-12-8(15(20)21)4-6(14(18)19)5-9(12)16(22)23/h1-5H,13H2. The molecule has 0 aliphatic carbocycles. The van der Waals surface area contributed by atoms with E-state index in [9.17, 15) is 40.5 Å². The summed E-state index contributed by atoms with van der Waals surface area (Å²) < 4.78 is 5.04. The largest absolute Gasteiger partial charge is 0.437 e. The van der Waals surface area contributed by atoms with Crippen LogP contribution in [-0.4, -0.2) is 19.7 Å². The molecule has 2 aromatic rings. The lowest BCUT2D eigenvalue weighted by atomic mass is 10.2. The Morgan fingerprint density at radius 1 is 0.808 bits per heavy atom. The van der Waals surface area contributed by atoms with Gasteiger partial charge in [0.15, 0.2) is 0 Å². The molecule has 0 unspecified atom stereocenters. The number of anilines is 1. The van der Waals surface area contributed by atoms with Gasteiger partial charge in [-0.1, -0.05) is 6.07 Å². The van der Waals surface area contributed by atoms with Crippen molar-refractivity contribution in [1.82, 2.24) is 0 Å². The van der Waals surface area contributed by atoms with Crippen molar-refractivity contribution in [1.29, 1.82) is 0 Å². The van der Waals surface area contributed by atoms with Gasteiger partial charge in [0.25, 0.3) is 11.4 Å². The third kappa shape index (κ3) is 3.28. The van der Waals surface area contributed by atoms with Gasteiger partial charge in [0.1, 0.15) is 5.69 Å². The van der Waals surface area contributed by atoms with Crippen LogP contribution in [0.15, 0.2) is 30.3 Å². The number of ether oxygens (including phenoxy) is 1. The summed E-state index contributed by atoms with van der Waals surface area (Å²) in [6.45, 7) is 0. The topological polar surface area (TPSA) is 208 Å². The van der Waals surface area contributed by atoms with Crippen LogP contribution in [0.5, 0.6) is 11.5 Å². The van der Waals surface area contributed by atoms with Gasteiger partial charge >= 0.3 is 17.1 Å². The maximum absolute atomic E-state index is 11.2. The molecule has 134 valence electrons. The monoisotopic (exact) mass is 365 g/mol. The zero-order valence-corrected chi connectivity index (χ0v) is 12.4. The Hall–Kier alpha value is -4.36. The van der Waals surface area contributed by atoms with E-state index < -0.39 is 53.9 Å². The number of para-hydroxylation sites is 1. The van der Waals surface area contributed by atoms with Gasteiger partial charge in [0, 0.05) is 0 Å². The van der Waals surface area contributed by atoms with E-state index in [-0.39, 0.29) is 5.69 Å². The summed E-state index contributed by atoms with van der Waals surface area (Å²) in [5.74, 6) is -1.60. The third-order valence-electron chi connectivity index (χ3n) is 3.06. The second-order valence-electron chi connectivity index (χ2n) is 4.64. The molecule has 14 nitrogen and oxygen atoms in total. The van der Waals surface area contributed by atoms with Crippen LogP contribution in [0.25, 0.3) is 0 Å². The first-order valence-corrected chi connectivity index (χ1v) is 6.45. The fraction of sp³-hybridized carbons (Fsp3) is 0. The minimum Gasteiger partial charge on any atom is -0.437 e. The van der Waals surface area contributed by atoms with Crippen LogP contribution < -0.4 is 10.5 Å². The van der Waals surface area contributed by atoms with Crippen LogP contribution in [0.2, 0.25) is 0 Å². The third-order valence-corrected chi connectivity index (χ3v) is 3.06. The number of benzene rings is 2. The van der Waals surface area contributed by atoms with Gasteiger partial charge in [-0.05, 0) is 12.1 Å². The number of hydrogen-bond donors (Lipinski definition) is 1. The SMILES string of the molecule is Nc1cccc(Oc2c([N+](=O)[O-])cc([N+](=O)[O-])cc2[N+](=O)[O-])c1[N+](=O)[O-]. The van der Waals surface area contributed by atoms with E-state index in [2.05, 4.69) is 0 Å². The molecule has 0 aliphatic rings. The summed E-state index contributed by atoms with van der Waals surface area (Å²) >= 11 is 0. The van der Waals surface area contributed by atoms with Gasteiger partial charge in [-0.25, -0.2) is 0 Å². The molecular formula is C12H7N5O9. The number of nitrogen functional groups attached to an aromatic ring is 1. The summed E-state index contributed by atoms with van der Waals surface area (Å²) in [6, 6.07) is 4.29. The first-order chi connectivity index (χ1) is 12.1. The minimum absolute atomic E-state index is 0.347. The molecule has 2 aromatic carbocycles. The lowest BCUT2D eigenvalue weighted by Gasteiger charge is -2.08. The van der Waals surface area contributed by atoms with E-state index in [4.69, 9.17) is 10.5 Å². The molecule has 0 saturated heterocycles. The Labute approximate surface area is 142 Å². The fourth-order valence-electron chi connectivity index (χ4n) is 1.99. The van der Waals surface area contributed by atoms with Crippen molar-refractivity contribution in [3.63, 3.8) is 0 Å². The first kappa shape index (κ1) is 18.0. The highest BCUT2D eigenvalue weighted by Crippen LogP contribution is 2.45. The van der Waals surface area contributed by atoms with Crippen molar-refractivity contribution in [2.75, 3.05) is 5.73 Å². The Morgan fingerprint density at radius 2 is 1.35 bits per heavy atom. The van der Waals surface area contributed by atoms with Crippen molar-refractivity contribution in [3.8, 4) is 11.5 Å². The number of nitro groups is 4. The maximum Gasteiger partial charge on any atom is 0.334 e. The van der Waals surface area contributed by atoms with Gasteiger partial charge in [0.2, 0.25) is 5.75 Å². The summed E-state index contributed by atoms with van der Waals surface area (Å²) in [4.78, 5) is 40.0. The first-order valence-electron chi connectivity index (χ1n) is 6.45. The Balaban J connectivity index is 2.76. The van der Waals surface area contributed by atoms with Crippen LogP contribution >= 0.6 is 0 Å². The lowest BCUT2D eigenvalue weighted by molar-refractivity contribution is -0.404. The second kappa shape index (κ2) is 6.63. The molecule has 14 heteroatoms. The average molecular weight is 365 g/mol. The molecule has 26 heavy (non-hydrogen) atoms. The predicted molar refractivity (Wildman–Crippen MR) is 84.0 cm³/mol. The van der Waals surface area contributed by atoms with Gasteiger partial charge in [-0.15, -0.1) is 0 Å². The van der Waals surface area contributed by atoms with Crippen molar-refractivity contribution in [2.45, 2.75) is 0 Å². The molecular weight excluding hydrogens is 358 g/mol. The van der Waals surface area contributed by atoms with Crippen LogP contribution in [0.3, 0.4) is 0 Å². The van der Waals surface area contributed by atoms with E-state index in [0.717, 1.165) is 12.1 Å². The van der Waals surface area contributed by atoms with Gasteiger partial charge in [0.05, 0.1) is 31.8 Å². The number of hydrogen-bond acceptors (Lipinski definition) is 10. The predicted octanol–water partition coefficient (Wildman–Crippen LogP) is 2.69. The summed E-state index contributed by atoms with van der Waals surface area (Å²) in [5.41, 5.74) is 1.20. The van der Waals surface area contributed by atoms with E-state index >= 15 is 0 Å². The summed E-state index contributed by atoms with van der Waals surface area (Å²) in [5, 5.41) is 44.3. The molecule has 0 amide bonds. The van der Waals surface area contributed by atoms with E-state index in [1.54, 1.807) is 0 Å². The number of rotatable bonds is 6. The molecule has 0 saturated carbocycles. The zero-order chi connectivity index (χ0) is 19.6. The smallest absolute Gasteiger partial charge is 0.334 e. The Morgan fingerprint density at radius 3 is 1.77 bits per heavy atom. The van der Waals surface area contributed by atoms with Gasteiger partial charge < -0.3 is 10.5 Å². The Kier molecular flexibility index (Phi) is 4.59. The van der Waals surface area contributed by atoms with Crippen LogP contribution in [0, 0.1) is 40.5 Å². The second-order valence-corrected chi connectivity index (χ2v) is 4.64. The van der Waals surface area contributed by atoms with Gasteiger partial charge in [-0.3, -0.25) is 40.5 Å². The van der Waals surface area contributed by atoms with E-state index in [0.29, 0.717) is 12.1 Å². The van der Waals surface area contributed by atoms with Crippen LogP contribution in [0.1, 0.15) is 0 Å². The summed E-state index contributed by atoms with van der Waals surface area (Å²) in [7, 11) is 0. The average Bonchev–Trinajstić information content (AvgIpc) is 2.53. The number of nitrogens with two attached hydrogens (primary N) is 1. The molecule has 0 fully saturated rings. The lowest BCUT2D eigenvalue weighted by Crippen LogP contribution is -2.03. The summed E-state index contributed by atoms with van der Waals surface area (Å²) in [6.07, 6.45) is 0. The van der Waals surface area contributed by atoms with Crippen molar-refractivity contribution >= 4 is 28.4 Å². The van der Waals surface area contributed by atoms with Crippen LogP contribution in [-0.2, 0) is 0 Å². The molecule has 0 spiro atoms. The quantitative estimate of drug-likeness (QED) is 0.449. The molecule has 2 rings (SSSR count). The highest BCUT2D eigenvalue weighted by molar-refractivity contribution is 5.70. The van der Waals surface area contributed by atoms with Crippen LogP contribution in [0.4, 0.5) is 28.4 Å². The molecule has 0 aliphatic heterocycles. The molecule has 0 bridgehead atoms.